The number of hydrogen-bond donors (Lipinski definition) is 0. The predicted molar refractivity (Wildman–Crippen MR) is 107 cm³/mol. The quantitative estimate of drug-likeness (QED) is 0.443. The number of hydrogen-bond acceptors (Lipinski definition) is 3. The summed E-state index contributed by atoms with van der Waals surface area (Å²) in [6.45, 7) is -0.294. The van der Waals surface area contributed by atoms with Crippen molar-refractivity contribution in [2.45, 2.75) is 6.61 Å². The topological polar surface area (TPSA) is 35.5 Å². The molecule has 3 aromatic carbocycles. The summed E-state index contributed by atoms with van der Waals surface area (Å²) in [7, 11) is 0. The third-order valence-corrected chi connectivity index (χ3v) is 5.07. The van der Waals surface area contributed by atoms with Crippen LogP contribution < -0.4 is 9.47 Å². The molecule has 0 radical (unpaired) electrons. The molecular weight excluding hydrogens is 421 g/mol. The highest BCUT2D eigenvalue weighted by Crippen LogP contribution is 2.35. The zero-order valence-corrected chi connectivity index (χ0v) is 16.2. The number of carbonyl (C=O) groups excluding carboxylic acids is 1. The van der Waals surface area contributed by atoms with Gasteiger partial charge in [0.15, 0.2) is 5.76 Å². The first-order valence-corrected chi connectivity index (χ1v) is 9.27. The molecule has 1 aliphatic heterocycles. The second-order valence-electron chi connectivity index (χ2n) is 6.26. The van der Waals surface area contributed by atoms with Gasteiger partial charge in [-0.15, -0.1) is 0 Å². The van der Waals surface area contributed by atoms with Crippen molar-refractivity contribution in [3.63, 3.8) is 0 Å². The van der Waals surface area contributed by atoms with E-state index in [9.17, 15) is 13.6 Å². The molecule has 3 aromatic rings. The number of allylic oxidation sites excluding steroid dienone is 1. The van der Waals surface area contributed by atoms with E-state index in [2.05, 4.69) is 0 Å². The third kappa shape index (κ3) is 3.97. The molecule has 0 aliphatic carbocycles. The average molecular weight is 433 g/mol. The number of halogens is 4. The molecule has 3 nitrogen and oxygen atoms in total. The van der Waals surface area contributed by atoms with Crippen molar-refractivity contribution in [3.05, 3.63) is 98.7 Å². The van der Waals surface area contributed by atoms with Crippen LogP contribution in [-0.4, -0.2) is 5.78 Å². The Morgan fingerprint density at radius 3 is 2.45 bits per heavy atom. The fourth-order valence-corrected chi connectivity index (χ4v) is 3.14. The maximum Gasteiger partial charge on any atom is 0.231 e. The highest BCUT2D eigenvalue weighted by Gasteiger charge is 2.28. The van der Waals surface area contributed by atoms with Crippen molar-refractivity contribution in [2.24, 2.45) is 0 Å². The van der Waals surface area contributed by atoms with Crippen LogP contribution in [0.25, 0.3) is 6.08 Å². The van der Waals surface area contributed by atoms with E-state index in [1.165, 1.54) is 12.1 Å². The minimum absolute atomic E-state index is 0.121. The van der Waals surface area contributed by atoms with E-state index in [4.69, 9.17) is 32.7 Å². The number of Topliss-reactive ketones (excluding diaryl/α,β-unsaturated/α-hetero) is 1. The lowest BCUT2D eigenvalue weighted by Crippen LogP contribution is -2.01. The summed E-state index contributed by atoms with van der Waals surface area (Å²) in [4.78, 5) is 12.5. The number of fused-ring (bicyclic) bond motifs is 1. The minimum Gasteiger partial charge on any atom is -0.489 e. The summed E-state index contributed by atoms with van der Waals surface area (Å²) in [6, 6.07) is 13.1. The highest BCUT2D eigenvalue weighted by atomic mass is 35.5. The van der Waals surface area contributed by atoms with Crippen LogP contribution in [0.1, 0.15) is 21.5 Å². The smallest absolute Gasteiger partial charge is 0.231 e. The first-order valence-electron chi connectivity index (χ1n) is 8.51. The van der Waals surface area contributed by atoms with E-state index >= 15 is 0 Å². The Bertz CT molecular complexity index is 1140. The van der Waals surface area contributed by atoms with Crippen LogP contribution >= 0.6 is 23.2 Å². The summed E-state index contributed by atoms with van der Waals surface area (Å²) in [6.07, 6.45) is 1.56. The summed E-state index contributed by atoms with van der Waals surface area (Å²) < 4.78 is 38.6. The van der Waals surface area contributed by atoms with Crippen molar-refractivity contribution in [3.8, 4) is 11.5 Å². The largest absolute Gasteiger partial charge is 0.489 e. The van der Waals surface area contributed by atoms with Gasteiger partial charge in [0, 0.05) is 6.07 Å². The van der Waals surface area contributed by atoms with Gasteiger partial charge in [0.2, 0.25) is 5.78 Å². The first kappa shape index (κ1) is 19.4. The molecule has 4 rings (SSSR count). The molecule has 146 valence electrons. The Balaban J connectivity index is 1.54. The Hall–Kier alpha value is -2.89. The lowest BCUT2D eigenvalue weighted by molar-refractivity contribution is 0.101. The van der Waals surface area contributed by atoms with Crippen molar-refractivity contribution in [1.29, 1.82) is 0 Å². The van der Waals surface area contributed by atoms with E-state index in [0.29, 0.717) is 32.7 Å². The minimum atomic E-state index is -0.690. The molecule has 0 N–H and O–H groups in total. The molecule has 0 unspecified atom stereocenters. The van der Waals surface area contributed by atoms with E-state index in [0.717, 1.165) is 12.1 Å². The second-order valence-corrected chi connectivity index (χ2v) is 7.07. The maximum atomic E-state index is 13.7. The van der Waals surface area contributed by atoms with Crippen LogP contribution in [0.4, 0.5) is 8.78 Å². The van der Waals surface area contributed by atoms with Gasteiger partial charge in [-0.1, -0.05) is 35.3 Å². The molecule has 0 spiro atoms. The molecule has 29 heavy (non-hydrogen) atoms. The van der Waals surface area contributed by atoms with Gasteiger partial charge in [-0.3, -0.25) is 4.79 Å². The monoisotopic (exact) mass is 432 g/mol. The lowest BCUT2D eigenvalue weighted by Gasteiger charge is -2.09. The molecule has 0 bridgehead atoms. The number of ketones is 1. The summed E-state index contributed by atoms with van der Waals surface area (Å²) in [5.41, 5.74) is 0.841. The van der Waals surface area contributed by atoms with Crippen LogP contribution in [0.3, 0.4) is 0 Å². The van der Waals surface area contributed by atoms with E-state index in [-0.39, 0.29) is 23.7 Å². The van der Waals surface area contributed by atoms with Crippen LogP contribution in [0.5, 0.6) is 11.5 Å². The Morgan fingerprint density at radius 1 is 0.966 bits per heavy atom. The van der Waals surface area contributed by atoms with Gasteiger partial charge in [0.05, 0.1) is 21.2 Å². The van der Waals surface area contributed by atoms with Crippen LogP contribution in [-0.2, 0) is 6.61 Å². The number of rotatable bonds is 4. The second kappa shape index (κ2) is 7.85. The summed E-state index contributed by atoms with van der Waals surface area (Å²) >= 11 is 11.9. The lowest BCUT2D eigenvalue weighted by atomic mass is 10.1. The average Bonchev–Trinajstić information content (AvgIpc) is 2.99. The zero-order chi connectivity index (χ0) is 20.5. The SMILES string of the molecule is O=C1/C(=C/c2ccc(Cl)c(Cl)c2)Oc2cc(OCc3c(F)cccc3F)ccc21. The van der Waals surface area contributed by atoms with Crippen LogP contribution in [0, 0.1) is 11.6 Å². The third-order valence-electron chi connectivity index (χ3n) is 4.33. The van der Waals surface area contributed by atoms with Gasteiger partial charge in [-0.05, 0) is 48.0 Å². The Morgan fingerprint density at radius 2 is 1.72 bits per heavy atom. The number of ether oxygens (including phenoxy) is 2. The van der Waals surface area contributed by atoms with E-state index in [1.54, 1.807) is 36.4 Å². The molecule has 1 heterocycles. The molecule has 0 aromatic heterocycles. The Labute approximate surface area is 175 Å². The predicted octanol–water partition coefficient (Wildman–Crippen LogP) is 6.47. The van der Waals surface area contributed by atoms with E-state index in [1.807, 2.05) is 0 Å². The first-order chi connectivity index (χ1) is 13.9. The van der Waals surface area contributed by atoms with Crippen molar-refractivity contribution >= 4 is 35.1 Å². The van der Waals surface area contributed by atoms with Gasteiger partial charge >= 0.3 is 0 Å². The van der Waals surface area contributed by atoms with Crippen molar-refractivity contribution in [2.75, 3.05) is 0 Å². The van der Waals surface area contributed by atoms with Gasteiger partial charge in [0.25, 0.3) is 0 Å². The standard InChI is InChI=1S/C22H12Cl2F2O3/c23-16-7-4-12(8-17(16)24)9-21-22(27)14-6-5-13(10-20(14)29-21)28-11-15-18(25)2-1-3-19(15)26/h1-10H,11H2/b21-9-. The fraction of sp³-hybridized carbons (Fsp3) is 0.0455. The molecular formula is C22H12Cl2F2O3. The van der Waals surface area contributed by atoms with Crippen molar-refractivity contribution < 1.29 is 23.0 Å². The number of benzene rings is 3. The summed E-state index contributed by atoms with van der Waals surface area (Å²) in [5, 5.41) is 0.767. The van der Waals surface area contributed by atoms with Crippen LogP contribution in [0.15, 0.2) is 60.4 Å². The van der Waals surface area contributed by atoms with Gasteiger partial charge in [-0.25, -0.2) is 8.78 Å². The zero-order valence-electron chi connectivity index (χ0n) is 14.7. The molecule has 0 amide bonds. The van der Waals surface area contributed by atoms with Crippen molar-refractivity contribution in [1.82, 2.24) is 0 Å². The molecule has 0 fully saturated rings. The van der Waals surface area contributed by atoms with Gasteiger partial charge < -0.3 is 9.47 Å². The highest BCUT2D eigenvalue weighted by molar-refractivity contribution is 6.42. The maximum absolute atomic E-state index is 13.7. The fourth-order valence-electron chi connectivity index (χ4n) is 2.84. The normalized spacial score (nSPS) is 14.1. The molecule has 1 aliphatic rings. The summed E-state index contributed by atoms with van der Waals surface area (Å²) in [5.74, 6) is -0.940. The molecule has 0 saturated heterocycles. The van der Waals surface area contributed by atoms with E-state index < -0.39 is 11.6 Å². The number of carbonyl (C=O) groups is 1. The van der Waals surface area contributed by atoms with Crippen LogP contribution in [0.2, 0.25) is 10.0 Å². The molecule has 0 saturated carbocycles. The van der Waals surface area contributed by atoms with Gasteiger partial charge in [-0.2, -0.15) is 0 Å². The molecule has 0 atom stereocenters. The van der Waals surface area contributed by atoms with Gasteiger partial charge in [0.1, 0.15) is 29.7 Å². The Kier molecular flexibility index (Phi) is 5.26. The molecule has 7 heteroatoms.